The van der Waals surface area contributed by atoms with Gasteiger partial charge in [-0.15, -0.1) is 0 Å². The molecule has 4 aromatic carbocycles. The Kier molecular flexibility index (Phi) is 3.51. The molecule has 5 aliphatic heterocycles. The molecule has 6 aromatic rings. The SMILES string of the molecule is c1cc[n+]2c(c1)[C@H]1c3ccc4ccccc4c3[C@@H]2[C@@H]2c3ccc4ccccc4c3[C@H]1[n+]1ccccc12. The highest BCUT2D eigenvalue weighted by molar-refractivity contribution is 5.90. The summed E-state index contributed by atoms with van der Waals surface area (Å²) in [6, 6.07) is 41.4. The first-order valence-electron chi connectivity index (χ1n) is 12.9. The Hall–Kier alpha value is -4.30. The number of fused-ring (bicyclic) bond motifs is 2. The van der Waals surface area contributed by atoms with E-state index in [1.807, 2.05) is 0 Å². The Labute approximate surface area is 209 Å². The van der Waals surface area contributed by atoms with Gasteiger partial charge in [-0.25, -0.2) is 0 Å². The van der Waals surface area contributed by atoms with Crippen LogP contribution in [0.5, 0.6) is 0 Å². The molecule has 2 heteroatoms. The Morgan fingerprint density at radius 2 is 0.861 bits per heavy atom. The van der Waals surface area contributed by atoms with Gasteiger partial charge in [0.2, 0.25) is 12.1 Å². The monoisotopic (exact) mass is 460 g/mol. The molecule has 0 radical (unpaired) electrons. The number of aromatic nitrogens is 2. The van der Waals surface area contributed by atoms with Crippen molar-refractivity contribution < 1.29 is 9.13 Å². The molecule has 6 aliphatic rings. The fraction of sp³-hybridized carbons (Fsp3) is 0.118. The van der Waals surface area contributed by atoms with Crippen LogP contribution in [0, 0.1) is 0 Å². The van der Waals surface area contributed by atoms with E-state index in [0.29, 0.717) is 0 Å². The van der Waals surface area contributed by atoms with Crippen molar-refractivity contribution in [2.75, 3.05) is 0 Å². The first-order valence-corrected chi connectivity index (χ1v) is 12.9. The van der Waals surface area contributed by atoms with Gasteiger partial charge < -0.3 is 0 Å². The average Bonchev–Trinajstić information content (AvgIpc) is 2.93. The van der Waals surface area contributed by atoms with E-state index in [0.717, 1.165) is 0 Å². The molecule has 0 N–H and O–H groups in total. The summed E-state index contributed by atoms with van der Waals surface area (Å²) >= 11 is 0. The standard InChI is InChI=1S/C34H24N2/c1-3-11-23-21(9-1)15-17-25-29(23)33-32-26-18-16-22-10-2-4-12-24(22)30(26)34(36-20-8-6-14-28(32)36)31(25)27-13-5-7-19-35(27)33/h1-20,31-34H/q+2/t31-,32-,33-,34-/m1/s1. The van der Waals surface area contributed by atoms with Crippen LogP contribution in [0.3, 0.4) is 0 Å². The van der Waals surface area contributed by atoms with Gasteiger partial charge in [-0.05, 0) is 32.7 Å². The summed E-state index contributed by atoms with van der Waals surface area (Å²) in [5, 5.41) is 5.45. The molecular weight excluding hydrogens is 436 g/mol. The van der Waals surface area contributed by atoms with Gasteiger partial charge in [-0.3, -0.25) is 0 Å². The topological polar surface area (TPSA) is 7.76 Å². The second kappa shape index (κ2) is 6.67. The zero-order valence-electron chi connectivity index (χ0n) is 19.8. The maximum atomic E-state index is 2.60. The predicted octanol–water partition coefficient (Wildman–Crippen LogP) is 6.35. The molecule has 0 saturated carbocycles. The summed E-state index contributed by atoms with van der Waals surface area (Å²) in [7, 11) is 0. The minimum Gasteiger partial charge on any atom is -0.193 e. The van der Waals surface area contributed by atoms with Crippen LogP contribution in [0.25, 0.3) is 21.5 Å². The van der Waals surface area contributed by atoms with Gasteiger partial charge in [0, 0.05) is 35.4 Å². The van der Waals surface area contributed by atoms with Gasteiger partial charge in [0.05, 0.1) is 0 Å². The van der Waals surface area contributed by atoms with E-state index in [4.69, 9.17) is 0 Å². The third kappa shape index (κ3) is 2.19. The van der Waals surface area contributed by atoms with Crippen molar-refractivity contribution in [1.29, 1.82) is 0 Å². The molecule has 4 bridgehead atoms. The van der Waals surface area contributed by atoms with Crippen molar-refractivity contribution in [3.63, 3.8) is 0 Å². The number of pyridine rings is 2. The number of benzene rings is 4. The van der Waals surface area contributed by atoms with Crippen LogP contribution >= 0.6 is 0 Å². The highest BCUT2D eigenvalue weighted by Crippen LogP contribution is 2.56. The van der Waals surface area contributed by atoms with Gasteiger partial charge >= 0.3 is 0 Å². The first kappa shape index (κ1) is 19.0. The molecule has 7 heterocycles. The summed E-state index contributed by atoms with van der Waals surface area (Å²) in [6.07, 6.45) is 4.65. The summed E-state index contributed by atoms with van der Waals surface area (Å²) < 4.78 is 5.21. The van der Waals surface area contributed by atoms with Gasteiger partial charge in [-0.2, -0.15) is 9.13 Å². The van der Waals surface area contributed by atoms with Gasteiger partial charge in [0.15, 0.2) is 23.8 Å². The van der Waals surface area contributed by atoms with E-state index in [-0.39, 0.29) is 23.9 Å². The number of hydrogen-bond acceptors (Lipinski definition) is 0. The van der Waals surface area contributed by atoms with Crippen molar-refractivity contribution in [3.8, 4) is 0 Å². The molecule has 2 aromatic heterocycles. The lowest BCUT2D eigenvalue weighted by atomic mass is 9.64. The summed E-state index contributed by atoms with van der Waals surface area (Å²) in [6.45, 7) is 0. The van der Waals surface area contributed by atoms with Crippen LogP contribution in [0.2, 0.25) is 0 Å². The summed E-state index contributed by atoms with van der Waals surface area (Å²) in [5.74, 6) is 0.443. The van der Waals surface area contributed by atoms with E-state index in [1.165, 1.54) is 55.2 Å². The molecule has 0 spiro atoms. The molecule has 12 rings (SSSR count). The van der Waals surface area contributed by atoms with E-state index in [9.17, 15) is 0 Å². The number of hydrogen-bond donors (Lipinski definition) is 0. The predicted molar refractivity (Wildman–Crippen MR) is 141 cm³/mol. The Balaban J connectivity index is 1.52. The largest absolute Gasteiger partial charge is 0.201 e. The van der Waals surface area contributed by atoms with Crippen LogP contribution in [0.4, 0.5) is 0 Å². The van der Waals surface area contributed by atoms with Crippen molar-refractivity contribution in [2.45, 2.75) is 23.9 Å². The second-order valence-electron chi connectivity index (χ2n) is 10.5. The highest BCUT2D eigenvalue weighted by Gasteiger charge is 2.59. The van der Waals surface area contributed by atoms with Crippen LogP contribution in [-0.2, 0) is 0 Å². The van der Waals surface area contributed by atoms with Crippen molar-refractivity contribution in [3.05, 3.63) is 155 Å². The van der Waals surface area contributed by atoms with Crippen LogP contribution in [0.1, 0.15) is 57.6 Å². The molecule has 2 nitrogen and oxygen atoms in total. The first-order chi connectivity index (χ1) is 17.9. The molecule has 0 saturated heterocycles. The smallest absolute Gasteiger partial charge is 0.193 e. The second-order valence-corrected chi connectivity index (χ2v) is 10.5. The lowest BCUT2D eigenvalue weighted by molar-refractivity contribution is -0.769. The highest BCUT2D eigenvalue weighted by atomic mass is 15.1. The maximum Gasteiger partial charge on any atom is 0.201 e. The van der Waals surface area contributed by atoms with E-state index in [1.54, 1.807) is 0 Å². The molecule has 0 amide bonds. The maximum absolute atomic E-state index is 2.60. The van der Waals surface area contributed by atoms with Crippen molar-refractivity contribution >= 4 is 21.5 Å². The molecule has 0 unspecified atom stereocenters. The zero-order chi connectivity index (χ0) is 23.4. The Morgan fingerprint density at radius 1 is 0.417 bits per heavy atom. The van der Waals surface area contributed by atoms with Gasteiger partial charge in [0.25, 0.3) is 0 Å². The quantitative estimate of drug-likeness (QED) is 0.233. The molecule has 4 atom stereocenters. The average molecular weight is 461 g/mol. The third-order valence-electron chi connectivity index (χ3n) is 8.98. The van der Waals surface area contributed by atoms with Crippen LogP contribution in [0.15, 0.2) is 122 Å². The van der Waals surface area contributed by atoms with Crippen LogP contribution in [-0.4, -0.2) is 0 Å². The third-order valence-corrected chi connectivity index (χ3v) is 8.98. The Morgan fingerprint density at radius 3 is 1.36 bits per heavy atom. The molecule has 36 heavy (non-hydrogen) atoms. The minimum atomic E-state index is 0.188. The fourth-order valence-corrected chi connectivity index (χ4v) is 7.72. The van der Waals surface area contributed by atoms with Crippen LogP contribution < -0.4 is 9.13 Å². The lowest BCUT2D eigenvalue weighted by Crippen LogP contribution is -2.62. The lowest BCUT2D eigenvalue weighted by Gasteiger charge is -2.42. The normalized spacial score (nSPS) is 22.4. The number of nitrogens with zero attached hydrogens (tertiary/aromatic N) is 2. The summed E-state index contributed by atoms with van der Waals surface area (Å²) in [4.78, 5) is 0. The summed E-state index contributed by atoms with van der Waals surface area (Å²) in [5.41, 5.74) is 8.82. The number of rotatable bonds is 0. The van der Waals surface area contributed by atoms with Crippen molar-refractivity contribution in [1.82, 2.24) is 0 Å². The molecule has 168 valence electrons. The minimum absolute atomic E-state index is 0.188. The zero-order valence-corrected chi connectivity index (χ0v) is 19.8. The van der Waals surface area contributed by atoms with Gasteiger partial charge in [-0.1, -0.05) is 84.9 Å². The molecular formula is C34H24N2+2. The van der Waals surface area contributed by atoms with E-state index < -0.39 is 0 Å². The fourth-order valence-electron chi connectivity index (χ4n) is 7.72. The van der Waals surface area contributed by atoms with E-state index in [2.05, 4.69) is 131 Å². The van der Waals surface area contributed by atoms with E-state index >= 15 is 0 Å². The van der Waals surface area contributed by atoms with Gasteiger partial charge in [0.1, 0.15) is 11.8 Å². The molecule has 1 aliphatic carbocycles. The van der Waals surface area contributed by atoms with Crippen molar-refractivity contribution in [2.24, 2.45) is 0 Å². The Bertz CT molecular complexity index is 1750. The molecule has 0 fully saturated rings.